The highest BCUT2D eigenvalue weighted by Crippen LogP contribution is 2.30. The highest BCUT2D eigenvalue weighted by molar-refractivity contribution is 7.12. The number of aromatic nitrogens is 3. The van der Waals surface area contributed by atoms with Crippen LogP contribution in [0.3, 0.4) is 0 Å². The molecular formula is C17H24N4O2S. The minimum Gasteiger partial charge on any atom is -0.384 e. The van der Waals surface area contributed by atoms with Crippen LogP contribution in [0.15, 0.2) is 17.6 Å². The van der Waals surface area contributed by atoms with Crippen LogP contribution < -0.4 is 5.32 Å². The van der Waals surface area contributed by atoms with Crippen molar-refractivity contribution in [2.75, 3.05) is 0 Å². The van der Waals surface area contributed by atoms with Crippen LogP contribution in [0.2, 0.25) is 0 Å². The van der Waals surface area contributed by atoms with Crippen LogP contribution in [0, 0.1) is 6.92 Å². The Morgan fingerprint density at radius 1 is 1.42 bits per heavy atom. The van der Waals surface area contributed by atoms with Crippen molar-refractivity contribution < 1.29 is 9.90 Å². The number of aryl methyl sites for hydroxylation is 1. The van der Waals surface area contributed by atoms with Gasteiger partial charge in [-0.3, -0.25) is 4.79 Å². The van der Waals surface area contributed by atoms with Gasteiger partial charge in [-0.2, -0.15) is 0 Å². The molecule has 1 saturated carbocycles. The topological polar surface area (TPSA) is 80.0 Å². The summed E-state index contributed by atoms with van der Waals surface area (Å²) in [6.07, 6.45) is 5.87. The third kappa shape index (κ3) is 3.52. The summed E-state index contributed by atoms with van der Waals surface area (Å²) in [5.74, 6) is -0.0118. The monoisotopic (exact) mass is 348 g/mol. The van der Waals surface area contributed by atoms with Gasteiger partial charge in [-0.15, -0.1) is 16.4 Å². The number of carbonyl (C=O) groups excluding carboxylic acids is 1. The molecule has 2 heterocycles. The molecule has 2 N–H and O–H groups in total. The lowest BCUT2D eigenvalue weighted by Crippen LogP contribution is -2.43. The van der Waals surface area contributed by atoms with Crippen molar-refractivity contribution in [2.45, 2.75) is 64.1 Å². The number of aliphatic hydroxyl groups is 1. The molecule has 3 rings (SSSR count). The maximum Gasteiger partial charge on any atom is 0.261 e. The maximum absolute atomic E-state index is 12.6. The molecular weight excluding hydrogens is 324 g/mol. The first-order chi connectivity index (χ1) is 11.4. The molecule has 1 amide bonds. The summed E-state index contributed by atoms with van der Waals surface area (Å²) in [5, 5.41) is 23.5. The number of hydrogen-bond acceptors (Lipinski definition) is 5. The maximum atomic E-state index is 12.6. The molecule has 2 aromatic rings. The van der Waals surface area contributed by atoms with Crippen LogP contribution in [0.25, 0.3) is 0 Å². The Hall–Kier alpha value is -1.73. The van der Waals surface area contributed by atoms with Gasteiger partial charge in [0.05, 0.1) is 23.2 Å². The average Bonchev–Trinajstić information content (AvgIpc) is 3.16. The average molecular weight is 348 g/mol. The fourth-order valence-corrected chi connectivity index (χ4v) is 3.98. The zero-order valence-electron chi connectivity index (χ0n) is 14.3. The molecule has 6 nitrogen and oxygen atoms in total. The number of amides is 1. The third-order valence-electron chi connectivity index (χ3n) is 4.59. The second-order valence-corrected chi connectivity index (χ2v) is 7.92. The van der Waals surface area contributed by atoms with Crippen LogP contribution in [-0.4, -0.2) is 32.0 Å². The first-order valence-electron chi connectivity index (χ1n) is 8.36. The highest BCUT2D eigenvalue weighted by Gasteiger charge is 2.31. The van der Waals surface area contributed by atoms with Crippen LogP contribution in [0.5, 0.6) is 0 Å². The summed E-state index contributed by atoms with van der Waals surface area (Å²) in [6.45, 7) is 5.35. The molecule has 24 heavy (non-hydrogen) atoms. The summed E-state index contributed by atoms with van der Waals surface area (Å²) >= 11 is 1.47. The van der Waals surface area contributed by atoms with E-state index in [-0.39, 0.29) is 18.0 Å². The molecule has 2 aromatic heterocycles. The van der Waals surface area contributed by atoms with Gasteiger partial charge >= 0.3 is 0 Å². The van der Waals surface area contributed by atoms with E-state index in [0.717, 1.165) is 36.1 Å². The number of nitrogens with one attached hydrogen (secondary N) is 1. The summed E-state index contributed by atoms with van der Waals surface area (Å²) in [4.78, 5) is 13.3. The van der Waals surface area contributed by atoms with Gasteiger partial charge in [0, 0.05) is 0 Å². The summed E-state index contributed by atoms with van der Waals surface area (Å²) in [6, 6.07) is 2.07. The van der Waals surface area contributed by atoms with Gasteiger partial charge in [-0.05, 0) is 50.6 Å². The molecule has 0 unspecified atom stereocenters. The predicted molar refractivity (Wildman–Crippen MR) is 93.1 cm³/mol. The SMILES string of the molecule is Cc1ccsc1C(=O)N[C@H]1CCCC[C@H]1n1cc(C(C)(C)O)nn1. The summed E-state index contributed by atoms with van der Waals surface area (Å²) < 4.78 is 1.80. The normalized spacial score (nSPS) is 21.7. The molecule has 0 bridgehead atoms. The number of thiophene rings is 1. The number of rotatable bonds is 4. The van der Waals surface area contributed by atoms with Crippen molar-refractivity contribution in [1.82, 2.24) is 20.3 Å². The first kappa shape index (κ1) is 17.1. The van der Waals surface area contributed by atoms with Gasteiger partial charge in [-0.1, -0.05) is 18.1 Å². The zero-order chi connectivity index (χ0) is 17.3. The quantitative estimate of drug-likeness (QED) is 0.890. The molecule has 0 aliphatic heterocycles. The van der Waals surface area contributed by atoms with Crippen LogP contribution in [-0.2, 0) is 5.60 Å². The van der Waals surface area contributed by atoms with Gasteiger partial charge in [0.2, 0.25) is 0 Å². The first-order valence-corrected chi connectivity index (χ1v) is 9.24. The highest BCUT2D eigenvalue weighted by atomic mass is 32.1. The van der Waals surface area contributed by atoms with Crippen LogP contribution in [0.4, 0.5) is 0 Å². The lowest BCUT2D eigenvalue weighted by Gasteiger charge is -2.32. The second-order valence-electron chi connectivity index (χ2n) is 7.01. The van der Waals surface area contributed by atoms with E-state index in [1.165, 1.54) is 11.3 Å². The Balaban J connectivity index is 1.77. The molecule has 1 fully saturated rings. The third-order valence-corrected chi connectivity index (χ3v) is 5.61. The predicted octanol–water partition coefficient (Wildman–Crippen LogP) is 2.79. The van der Waals surface area contributed by atoms with E-state index >= 15 is 0 Å². The molecule has 130 valence electrons. The van der Waals surface area contributed by atoms with E-state index in [2.05, 4.69) is 15.6 Å². The summed E-state index contributed by atoms with van der Waals surface area (Å²) in [5.41, 5.74) is 0.543. The molecule has 2 atom stereocenters. The van der Waals surface area contributed by atoms with Crippen molar-refractivity contribution >= 4 is 17.2 Å². The van der Waals surface area contributed by atoms with Crippen molar-refractivity contribution in [3.8, 4) is 0 Å². The van der Waals surface area contributed by atoms with Crippen molar-refractivity contribution in [3.63, 3.8) is 0 Å². The molecule has 0 saturated heterocycles. The standard InChI is InChI=1S/C17H24N4O2S/c1-11-8-9-24-15(11)16(22)18-12-6-4-5-7-13(12)21-10-14(19-20-21)17(2,3)23/h8-10,12-13,23H,4-7H2,1-3H3,(H,18,22)/t12-,13+/m0/s1. The minimum absolute atomic E-state index is 0.0118. The van der Waals surface area contributed by atoms with Gasteiger partial charge < -0.3 is 10.4 Å². The van der Waals surface area contributed by atoms with Crippen molar-refractivity contribution in [1.29, 1.82) is 0 Å². The molecule has 7 heteroatoms. The lowest BCUT2D eigenvalue weighted by atomic mass is 9.90. The lowest BCUT2D eigenvalue weighted by molar-refractivity contribution is 0.0736. The molecule has 0 spiro atoms. The minimum atomic E-state index is -1.01. The molecule has 0 radical (unpaired) electrons. The van der Waals surface area contributed by atoms with Crippen molar-refractivity contribution in [3.05, 3.63) is 33.8 Å². The van der Waals surface area contributed by atoms with E-state index in [9.17, 15) is 9.90 Å². The number of carbonyl (C=O) groups is 1. The fourth-order valence-electron chi connectivity index (χ4n) is 3.15. The molecule has 1 aliphatic carbocycles. The van der Waals surface area contributed by atoms with E-state index in [1.54, 1.807) is 24.7 Å². The van der Waals surface area contributed by atoms with Crippen molar-refractivity contribution in [2.24, 2.45) is 0 Å². The van der Waals surface area contributed by atoms with Crippen LogP contribution >= 0.6 is 11.3 Å². The Bertz CT molecular complexity index is 716. The molecule has 1 aliphatic rings. The van der Waals surface area contributed by atoms with Gasteiger partial charge in [-0.25, -0.2) is 4.68 Å². The number of nitrogens with zero attached hydrogens (tertiary/aromatic N) is 3. The van der Waals surface area contributed by atoms with E-state index in [4.69, 9.17) is 0 Å². The van der Waals surface area contributed by atoms with E-state index in [1.807, 2.05) is 18.4 Å². The van der Waals surface area contributed by atoms with Gasteiger partial charge in [0.15, 0.2) is 0 Å². The largest absolute Gasteiger partial charge is 0.384 e. The second kappa shape index (κ2) is 6.64. The Labute approximate surface area is 145 Å². The molecule has 0 aromatic carbocycles. The summed E-state index contributed by atoms with van der Waals surface area (Å²) in [7, 11) is 0. The smallest absolute Gasteiger partial charge is 0.261 e. The Kier molecular flexibility index (Phi) is 4.73. The fraction of sp³-hybridized carbons (Fsp3) is 0.588. The Morgan fingerprint density at radius 2 is 2.17 bits per heavy atom. The van der Waals surface area contributed by atoms with Gasteiger partial charge in [0.25, 0.3) is 5.91 Å². The zero-order valence-corrected chi connectivity index (χ0v) is 15.1. The van der Waals surface area contributed by atoms with Gasteiger partial charge in [0.1, 0.15) is 11.3 Å². The van der Waals surface area contributed by atoms with E-state index < -0.39 is 5.60 Å². The number of hydrogen-bond donors (Lipinski definition) is 2. The Morgan fingerprint density at radius 3 is 2.79 bits per heavy atom. The van der Waals surface area contributed by atoms with E-state index in [0.29, 0.717) is 5.69 Å². The van der Waals surface area contributed by atoms with Crippen LogP contribution in [0.1, 0.15) is 66.5 Å².